The van der Waals surface area contributed by atoms with Crippen molar-refractivity contribution in [2.24, 2.45) is 17.8 Å². The molecule has 3 atom stereocenters. The molecule has 0 aromatic carbocycles. The molecule has 1 saturated heterocycles. The van der Waals surface area contributed by atoms with E-state index in [1.54, 1.807) is 0 Å². The van der Waals surface area contributed by atoms with Crippen molar-refractivity contribution in [1.29, 1.82) is 0 Å². The van der Waals surface area contributed by atoms with E-state index in [4.69, 9.17) is 0 Å². The SMILES string of the molecule is CCCNC1CCN(CC(C)C(C)C)CC1C. The van der Waals surface area contributed by atoms with Crippen molar-refractivity contribution < 1.29 is 0 Å². The van der Waals surface area contributed by atoms with E-state index >= 15 is 0 Å². The van der Waals surface area contributed by atoms with E-state index in [1.165, 1.54) is 39.0 Å². The summed E-state index contributed by atoms with van der Waals surface area (Å²) < 4.78 is 0. The Bertz CT molecular complexity index is 203. The fourth-order valence-electron chi connectivity index (χ4n) is 2.65. The van der Waals surface area contributed by atoms with Gasteiger partial charge in [-0.1, -0.05) is 34.6 Å². The normalized spacial score (nSPS) is 28.6. The first kappa shape index (κ1) is 15.0. The maximum Gasteiger partial charge on any atom is 0.0117 e. The monoisotopic (exact) mass is 240 g/mol. The number of rotatable bonds is 6. The van der Waals surface area contributed by atoms with Gasteiger partial charge in [0.1, 0.15) is 0 Å². The molecule has 1 N–H and O–H groups in total. The van der Waals surface area contributed by atoms with Gasteiger partial charge in [-0.2, -0.15) is 0 Å². The number of piperidine rings is 1. The smallest absolute Gasteiger partial charge is 0.0117 e. The van der Waals surface area contributed by atoms with Gasteiger partial charge in [0.15, 0.2) is 0 Å². The van der Waals surface area contributed by atoms with Gasteiger partial charge in [-0.15, -0.1) is 0 Å². The molecule has 1 fully saturated rings. The lowest BCUT2D eigenvalue weighted by atomic mass is 9.91. The Kier molecular flexibility index (Phi) is 6.50. The van der Waals surface area contributed by atoms with Crippen molar-refractivity contribution in [1.82, 2.24) is 10.2 Å². The zero-order valence-electron chi connectivity index (χ0n) is 12.5. The first-order valence-electron chi connectivity index (χ1n) is 7.50. The average Bonchev–Trinajstić information content (AvgIpc) is 2.28. The molecule has 3 unspecified atom stereocenters. The molecule has 2 nitrogen and oxygen atoms in total. The Hall–Kier alpha value is -0.0800. The molecule has 0 aromatic heterocycles. The van der Waals surface area contributed by atoms with Gasteiger partial charge in [-0.3, -0.25) is 0 Å². The molecule has 17 heavy (non-hydrogen) atoms. The fraction of sp³-hybridized carbons (Fsp3) is 1.00. The van der Waals surface area contributed by atoms with Crippen molar-refractivity contribution >= 4 is 0 Å². The predicted molar refractivity (Wildman–Crippen MR) is 76.3 cm³/mol. The Labute approximate surface area is 108 Å². The van der Waals surface area contributed by atoms with Crippen molar-refractivity contribution in [2.45, 2.75) is 53.5 Å². The molecule has 0 spiro atoms. The van der Waals surface area contributed by atoms with Crippen LogP contribution in [0.4, 0.5) is 0 Å². The van der Waals surface area contributed by atoms with Crippen LogP contribution in [-0.4, -0.2) is 37.1 Å². The first-order chi connectivity index (χ1) is 8.04. The Morgan fingerprint density at radius 2 is 2.00 bits per heavy atom. The molecule has 2 heteroatoms. The van der Waals surface area contributed by atoms with Gasteiger partial charge in [0, 0.05) is 19.1 Å². The number of hydrogen-bond acceptors (Lipinski definition) is 2. The minimum atomic E-state index is 0.751. The molecule has 0 bridgehead atoms. The molecule has 1 aliphatic heterocycles. The maximum absolute atomic E-state index is 3.69. The summed E-state index contributed by atoms with van der Waals surface area (Å²) in [6, 6.07) is 0.751. The summed E-state index contributed by atoms with van der Waals surface area (Å²) in [5.41, 5.74) is 0. The zero-order valence-corrected chi connectivity index (χ0v) is 12.5. The Balaban J connectivity index is 2.31. The van der Waals surface area contributed by atoms with Crippen LogP contribution in [0, 0.1) is 17.8 Å². The highest BCUT2D eigenvalue weighted by Crippen LogP contribution is 2.20. The summed E-state index contributed by atoms with van der Waals surface area (Å²) in [4.78, 5) is 2.67. The molecule has 0 radical (unpaired) electrons. The van der Waals surface area contributed by atoms with Gasteiger partial charge in [0.2, 0.25) is 0 Å². The molecule has 0 saturated carbocycles. The first-order valence-corrected chi connectivity index (χ1v) is 7.50. The molecule has 0 amide bonds. The largest absolute Gasteiger partial charge is 0.314 e. The van der Waals surface area contributed by atoms with E-state index in [0.29, 0.717) is 0 Å². The minimum absolute atomic E-state index is 0.751. The second-order valence-corrected chi connectivity index (χ2v) is 6.31. The van der Waals surface area contributed by atoms with Gasteiger partial charge < -0.3 is 10.2 Å². The van der Waals surface area contributed by atoms with Gasteiger partial charge in [0.25, 0.3) is 0 Å². The summed E-state index contributed by atoms with van der Waals surface area (Å²) in [6.07, 6.45) is 2.57. The Morgan fingerprint density at radius 3 is 2.53 bits per heavy atom. The number of nitrogens with one attached hydrogen (secondary N) is 1. The van der Waals surface area contributed by atoms with Gasteiger partial charge in [-0.05, 0) is 43.7 Å². The molecule has 1 rings (SSSR count). The van der Waals surface area contributed by atoms with Crippen molar-refractivity contribution in [2.75, 3.05) is 26.2 Å². The zero-order chi connectivity index (χ0) is 12.8. The molecular weight excluding hydrogens is 208 g/mol. The molecule has 102 valence electrons. The topological polar surface area (TPSA) is 15.3 Å². The minimum Gasteiger partial charge on any atom is -0.314 e. The van der Waals surface area contributed by atoms with Crippen LogP contribution in [0.25, 0.3) is 0 Å². The molecule has 0 aromatic rings. The maximum atomic E-state index is 3.69. The molecule has 1 aliphatic rings. The third-order valence-electron chi connectivity index (χ3n) is 4.33. The summed E-state index contributed by atoms with van der Waals surface area (Å²) in [6.45, 7) is 16.7. The summed E-state index contributed by atoms with van der Waals surface area (Å²) >= 11 is 0. The lowest BCUT2D eigenvalue weighted by molar-refractivity contribution is 0.122. The lowest BCUT2D eigenvalue weighted by Crippen LogP contribution is -2.49. The van der Waals surface area contributed by atoms with Crippen molar-refractivity contribution in [3.05, 3.63) is 0 Å². The molecular formula is C15H32N2. The number of nitrogens with zero attached hydrogens (tertiary/aromatic N) is 1. The highest BCUT2D eigenvalue weighted by molar-refractivity contribution is 4.83. The quantitative estimate of drug-likeness (QED) is 0.768. The third-order valence-corrected chi connectivity index (χ3v) is 4.33. The molecule has 1 heterocycles. The van der Waals surface area contributed by atoms with Crippen LogP contribution < -0.4 is 5.32 Å². The highest BCUT2D eigenvalue weighted by atomic mass is 15.1. The average molecular weight is 240 g/mol. The van der Waals surface area contributed by atoms with E-state index in [0.717, 1.165) is 23.8 Å². The third kappa shape index (κ3) is 4.97. The van der Waals surface area contributed by atoms with Crippen LogP contribution in [0.5, 0.6) is 0 Å². The second kappa shape index (κ2) is 7.38. The molecule has 0 aliphatic carbocycles. The lowest BCUT2D eigenvalue weighted by Gasteiger charge is -2.39. The van der Waals surface area contributed by atoms with Gasteiger partial charge in [-0.25, -0.2) is 0 Å². The summed E-state index contributed by atoms with van der Waals surface area (Å²) in [5.74, 6) is 2.43. The van der Waals surface area contributed by atoms with E-state index in [9.17, 15) is 0 Å². The van der Waals surface area contributed by atoms with Gasteiger partial charge in [0.05, 0.1) is 0 Å². The van der Waals surface area contributed by atoms with E-state index in [1.807, 2.05) is 0 Å². The number of likely N-dealkylation sites (tertiary alicyclic amines) is 1. The predicted octanol–water partition coefficient (Wildman–Crippen LogP) is 2.99. The van der Waals surface area contributed by atoms with Gasteiger partial charge >= 0.3 is 0 Å². The fourth-order valence-corrected chi connectivity index (χ4v) is 2.65. The van der Waals surface area contributed by atoms with Crippen LogP contribution in [-0.2, 0) is 0 Å². The van der Waals surface area contributed by atoms with E-state index in [-0.39, 0.29) is 0 Å². The van der Waals surface area contributed by atoms with Crippen LogP contribution in [0.15, 0.2) is 0 Å². The van der Waals surface area contributed by atoms with Crippen LogP contribution in [0.1, 0.15) is 47.5 Å². The van der Waals surface area contributed by atoms with Crippen LogP contribution >= 0.6 is 0 Å². The van der Waals surface area contributed by atoms with Crippen molar-refractivity contribution in [3.63, 3.8) is 0 Å². The summed E-state index contributed by atoms with van der Waals surface area (Å²) in [5, 5.41) is 3.69. The van der Waals surface area contributed by atoms with Crippen LogP contribution in [0.2, 0.25) is 0 Å². The second-order valence-electron chi connectivity index (χ2n) is 6.31. The van der Waals surface area contributed by atoms with E-state index in [2.05, 4.69) is 44.8 Å². The standard InChI is InChI=1S/C15H32N2/c1-6-8-16-15-7-9-17(11-14(15)5)10-13(4)12(2)3/h12-16H,6-11H2,1-5H3. The summed E-state index contributed by atoms with van der Waals surface area (Å²) in [7, 11) is 0. The number of hydrogen-bond donors (Lipinski definition) is 1. The van der Waals surface area contributed by atoms with Crippen LogP contribution in [0.3, 0.4) is 0 Å². The Morgan fingerprint density at radius 1 is 1.29 bits per heavy atom. The van der Waals surface area contributed by atoms with Crippen molar-refractivity contribution in [3.8, 4) is 0 Å². The highest BCUT2D eigenvalue weighted by Gasteiger charge is 2.26. The van der Waals surface area contributed by atoms with E-state index < -0.39 is 0 Å².